The number of hydrogen-bond donors (Lipinski definition) is 1. The number of fused-ring (bicyclic) bond motifs is 1. The predicted molar refractivity (Wildman–Crippen MR) is 91.8 cm³/mol. The van der Waals surface area contributed by atoms with Crippen LogP contribution in [0.4, 0.5) is 11.5 Å². The molecule has 2 aromatic heterocycles. The molecule has 1 aliphatic rings. The average Bonchev–Trinajstić information content (AvgIpc) is 3.07. The van der Waals surface area contributed by atoms with Crippen molar-refractivity contribution in [2.24, 2.45) is 0 Å². The van der Waals surface area contributed by atoms with Crippen molar-refractivity contribution in [3.8, 4) is 0 Å². The zero-order valence-electron chi connectivity index (χ0n) is 13.7. The van der Waals surface area contributed by atoms with E-state index in [1.165, 1.54) is 6.33 Å². The van der Waals surface area contributed by atoms with Crippen LogP contribution in [-0.2, 0) is 4.74 Å². The van der Waals surface area contributed by atoms with Gasteiger partial charge in [-0.3, -0.25) is 4.79 Å². The van der Waals surface area contributed by atoms with Crippen LogP contribution in [0.1, 0.15) is 16.1 Å². The van der Waals surface area contributed by atoms with Crippen LogP contribution in [0.15, 0.2) is 35.1 Å². The number of hydrogen-bond acceptors (Lipinski definition) is 7. The molecule has 1 amide bonds. The zero-order chi connectivity index (χ0) is 17.2. The first kappa shape index (κ1) is 15.5. The third kappa shape index (κ3) is 3.03. The van der Waals surface area contributed by atoms with E-state index < -0.39 is 0 Å². The number of anilines is 2. The molecule has 3 aromatic rings. The molecule has 1 fully saturated rings. The van der Waals surface area contributed by atoms with Crippen molar-refractivity contribution in [1.82, 2.24) is 15.1 Å². The summed E-state index contributed by atoms with van der Waals surface area (Å²) in [4.78, 5) is 23.2. The number of amides is 1. The smallest absolute Gasteiger partial charge is 0.278 e. The third-order valence-electron chi connectivity index (χ3n) is 4.05. The van der Waals surface area contributed by atoms with Gasteiger partial charge in [-0.15, -0.1) is 0 Å². The zero-order valence-corrected chi connectivity index (χ0v) is 13.7. The van der Waals surface area contributed by atoms with Crippen LogP contribution < -0.4 is 10.2 Å². The maximum Gasteiger partial charge on any atom is 0.278 e. The number of aryl methyl sites for hydroxylation is 1. The number of morpholine rings is 1. The first-order chi connectivity index (χ1) is 12.2. The fourth-order valence-electron chi connectivity index (χ4n) is 2.85. The molecule has 4 rings (SSSR count). The lowest BCUT2D eigenvalue weighted by molar-refractivity contribution is 0.102. The number of carbonyl (C=O) groups is 1. The molecule has 8 heteroatoms. The van der Waals surface area contributed by atoms with E-state index in [4.69, 9.17) is 9.26 Å². The van der Waals surface area contributed by atoms with Crippen molar-refractivity contribution in [3.05, 3.63) is 41.9 Å². The van der Waals surface area contributed by atoms with Crippen LogP contribution in [0.2, 0.25) is 0 Å². The monoisotopic (exact) mass is 339 g/mol. The van der Waals surface area contributed by atoms with Crippen LogP contribution >= 0.6 is 0 Å². The fraction of sp³-hybridized carbons (Fsp3) is 0.294. The molecule has 0 atom stereocenters. The number of rotatable bonds is 3. The molecular weight excluding hydrogens is 322 g/mol. The second-order valence-corrected chi connectivity index (χ2v) is 5.83. The van der Waals surface area contributed by atoms with Crippen molar-refractivity contribution in [3.63, 3.8) is 0 Å². The minimum Gasteiger partial charge on any atom is -0.378 e. The van der Waals surface area contributed by atoms with Gasteiger partial charge in [-0.2, -0.15) is 4.98 Å². The summed E-state index contributed by atoms with van der Waals surface area (Å²) in [5, 5.41) is 7.29. The van der Waals surface area contributed by atoms with E-state index >= 15 is 0 Å². The van der Waals surface area contributed by atoms with E-state index in [1.54, 1.807) is 0 Å². The number of nitrogens with zero attached hydrogens (tertiary/aromatic N) is 4. The molecule has 25 heavy (non-hydrogen) atoms. The van der Waals surface area contributed by atoms with Crippen molar-refractivity contribution in [2.45, 2.75) is 6.92 Å². The Morgan fingerprint density at radius 2 is 2.08 bits per heavy atom. The van der Waals surface area contributed by atoms with E-state index in [1.807, 2.05) is 36.1 Å². The van der Waals surface area contributed by atoms with Gasteiger partial charge in [0.05, 0.1) is 13.2 Å². The van der Waals surface area contributed by atoms with Crippen molar-refractivity contribution in [2.75, 3.05) is 36.5 Å². The Kier molecular flexibility index (Phi) is 4.02. The van der Waals surface area contributed by atoms with Crippen LogP contribution in [0.5, 0.6) is 0 Å². The Labute approximate surface area is 143 Å². The molecule has 0 aliphatic carbocycles. The molecule has 0 bridgehead atoms. The number of nitrogens with one attached hydrogen (secondary N) is 1. The lowest BCUT2D eigenvalue weighted by Crippen LogP contribution is -2.37. The largest absolute Gasteiger partial charge is 0.378 e. The highest BCUT2D eigenvalue weighted by Gasteiger charge is 2.25. The molecule has 0 unspecified atom stereocenters. The highest BCUT2D eigenvalue weighted by molar-refractivity contribution is 6.12. The van der Waals surface area contributed by atoms with Crippen molar-refractivity contribution in [1.29, 1.82) is 0 Å². The standard InChI is InChI=1S/C17H17N5O3/c1-11-3-2-4-12(9-11)20-16(23)14-13-15(22-5-7-24-8-6-22)18-10-19-17(13)25-21-14/h2-4,9-10H,5-8H2,1H3,(H,20,23). The molecule has 0 saturated carbocycles. The van der Waals surface area contributed by atoms with Crippen molar-refractivity contribution >= 4 is 28.5 Å². The van der Waals surface area contributed by atoms with Crippen molar-refractivity contribution < 1.29 is 14.1 Å². The normalized spacial score (nSPS) is 14.7. The Morgan fingerprint density at radius 3 is 2.88 bits per heavy atom. The van der Waals surface area contributed by atoms with Crippen LogP contribution in [0.25, 0.3) is 11.1 Å². The quantitative estimate of drug-likeness (QED) is 0.780. The highest BCUT2D eigenvalue weighted by Crippen LogP contribution is 2.27. The molecular formula is C17H17N5O3. The van der Waals surface area contributed by atoms with Gasteiger partial charge in [-0.05, 0) is 24.6 Å². The van der Waals surface area contributed by atoms with Gasteiger partial charge in [0, 0.05) is 18.8 Å². The van der Waals surface area contributed by atoms with Gasteiger partial charge in [0.25, 0.3) is 11.6 Å². The Bertz CT molecular complexity index is 918. The summed E-state index contributed by atoms with van der Waals surface area (Å²) in [5.41, 5.74) is 2.23. The van der Waals surface area contributed by atoms with Crippen LogP contribution in [-0.4, -0.2) is 47.3 Å². The first-order valence-corrected chi connectivity index (χ1v) is 8.03. The Balaban J connectivity index is 1.70. The topological polar surface area (TPSA) is 93.4 Å². The molecule has 0 radical (unpaired) electrons. The van der Waals surface area contributed by atoms with Gasteiger partial charge in [0.2, 0.25) is 0 Å². The van der Waals surface area contributed by atoms with E-state index in [9.17, 15) is 4.79 Å². The van der Waals surface area contributed by atoms with E-state index in [0.29, 0.717) is 48.9 Å². The summed E-state index contributed by atoms with van der Waals surface area (Å²) < 4.78 is 10.6. The molecule has 1 saturated heterocycles. The van der Waals surface area contributed by atoms with Gasteiger partial charge in [-0.1, -0.05) is 17.3 Å². The predicted octanol–water partition coefficient (Wildman–Crippen LogP) is 2.02. The Morgan fingerprint density at radius 1 is 1.24 bits per heavy atom. The van der Waals surface area contributed by atoms with Gasteiger partial charge in [-0.25, -0.2) is 4.98 Å². The molecule has 3 heterocycles. The van der Waals surface area contributed by atoms with E-state index in [0.717, 1.165) is 5.56 Å². The minimum atomic E-state index is -0.353. The number of ether oxygens (including phenoxy) is 1. The van der Waals surface area contributed by atoms with E-state index in [2.05, 4.69) is 20.4 Å². The number of benzene rings is 1. The summed E-state index contributed by atoms with van der Waals surface area (Å²) in [7, 11) is 0. The lowest BCUT2D eigenvalue weighted by Gasteiger charge is -2.27. The SMILES string of the molecule is Cc1cccc(NC(=O)c2noc3ncnc(N4CCOCC4)c23)c1. The summed E-state index contributed by atoms with van der Waals surface area (Å²) in [6.45, 7) is 4.57. The third-order valence-corrected chi connectivity index (χ3v) is 4.05. The number of aromatic nitrogens is 3. The number of carbonyl (C=O) groups excluding carboxylic acids is 1. The van der Waals surface area contributed by atoms with Gasteiger partial charge < -0.3 is 19.5 Å². The maximum atomic E-state index is 12.7. The molecule has 1 N–H and O–H groups in total. The lowest BCUT2D eigenvalue weighted by atomic mass is 10.2. The molecule has 128 valence electrons. The van der Waals surface area contributed by atoms with Gasteiger partial charge >= 0.3 is 0 Å². The highest BCUT2D eigenvalue weighted by atomic mass is 16.5. The van der Waals surface area contributed by atoms with Gasteiger partial charge in [0.15, 0.2) is 5.69 Å². The molecule has 1 aromatic carbocycles. The molecule has 1 aliphatic heterocycles. The minimum absolute atomic E-state index is 0.179. The molecule has 0 spiro atoms. The summed E-state index contributed by atoms with van der Waals surface area (Å²) >= 11 is 0. The fourth-order valence-corrected chi connectivity index (χ4v) is 2.85. The maximum absolute atomic E-state index is 12.7. The second-order valence-electron chi connectivity index (χ2n) is 5.83. The van der Waals surface area contributed by atoms with E-state index in [-0.39, 0.29) is 11.6 Å². The first-order valence-electron chi connectivity index (χ1n) is 8.03. The van der Waals surface area contributed by atoms with Crippen LogP contribution in [0.3, 0.4) is 0 Å². The summed E-state index contributed by atoms with van der Waals surface area (Å²) in [6.07, 6.45) is 1.42. The Hall–Kier alpha value is -3.00. The average molecular weight is 339 g/mol. The second kappa shape index (κ2) is 6.48. The summed E-state index contributed by atoms with van der Waals surface area (Å²) in [6, 6.07) is 7.56. The molecule has 8 nitrogen and oxygen atoms in total. The summed E-state index contributed by atoms with van der Waals surface area (Å²) in [5.74, 6) is 0.289. The van der Waals surface area contributed by atoms with Crippen LogP contribution in [0, 0.1) is 6.92 Å². The van der Waals surface area contributed by atoms with Gasteiger partial charge in [0.1, 0.15) is 17.5 Å².